The van der Waals surface area contributed by atoms with Crippen molar-refractivity contribution in [3.63, 3.8) is 0 Å². The molecule has 1 saturated heterocycles. The number of methoxy groups -OCH3 is 1. The highest BCUT2D eigenvalue weighted by Crippen LogP contribution is 2.36. The summed E-state index contributed by atoms with van der Waals surface area (Å²) in [5.41, 5.74) is 0.516. The molecule has 35 heavy (non-hydrogen) atoms. The Kier molecular flexibility index (Phi) is 6.90. The Balaban J connectivity index is 1.31. The van der Waals surface area contributed by atoms with E-state index < -0.39 is 17.5 Å². The summed E-state index contributed by atoms with van der Waals surface area (Å²) in [6.07, 6.45) is 3.58. The Bertz CT molecular complexity index is 1210. The number of halogens is 2. The third-order valence-electron chi connectivity index (χ3n) is 5.89. The molecule has 12 heteroatoms. The van der Waals surface area contributed by atoms with Gasteiger partial charge in [-0.2, -0.15) is 0 Å². The molecule has 0 spiro atoms. The minimum absolute atomic E-state index is 0.0971. The predicted octanol–water partition coefficient (Wildman–Crippen LogP) is 3.91. The number of pyridine rings is 1. The number of anilines is 4. The van der Waals surface area contributed by atoms with Crippen LogP contribution in [0.15, 0.2) is 40.9 Å². The molecule has 3 heterocycles. The topological polar surface area (TPSA) is 122 Å². The van der Waals surface area contributed by atoms with Gasteiger partial charge in [0, 0.05) is 24.8 Å². The van der Waals surface area contributed by atoms with Crippen molar-refractivity contribution in [2.24, 2.45) is 5.41 Å². The quantitative estimate of drug-likeness (QED) is 0.479. The standard InChI is InChI=1S/C23H24F2N6O4/c1-23(12-19(32)34-2)7-9-31(10-8-23)18-6-4-15(13-26-18)27-20(33)21-29-30-22(35-21)28-14-3-5-16(24)17(25)11-14/h3-6,11,13H,7-10,12H2,1-2H3,(H,27,33)(H,28,30). The second-order valence-electron chi connectivity index (χ2n) is 8.58. The number of nitrogens with one attached hydrogen (secondary N) is 2. The largest absolute Gasteiger partial charge is 0.469 e. The summed E-state index contributed by atoms with van der Waals surface area (Å²) in [6.45, 7) is 3.59. The lowest BCUT2D eigenvalue weighted by Crippen LogP contribution is -2.40. The molecule has 0 radical (unpaired) electrons. The van der Waals surface area contributed by atoms with Gasteiger partial charge in [-0.05, 0) is 42.5 Å². The van der Waals surface area contributed by atoms with Gasteiger partial charge in [0.2, 0.25) is 0 Å². The van der Waals surface area contributed by atoms with Crippen LogP contribution in [0.25, 0.3) is 0 Å². The maximum absolute atomic E-state index is 13.3. The number of piperidine rings is 1. The van der Waals surface area contributed by atoms with Crippen LogP contribution in [-0.2, 0) is 9.53 Å². The van der Waals surface area contributed by atoms with Crippen molar-refractivity contribution in [1.29, 1.82) is 0 Å². The average molecular weight is 486 g/mol. The minimum Gasteiger partial charge on any atom is -0.469 e. The van der Waals surface area contributed by atoms with Gasteiger partial charge in [-0.3, -0.25) is 9.59 Å². The van der Waals surface area contributed by atoms with E-state index in [1.807, 2.05) is 0 Å². The number of ether oxygens (including phenoxy) is 1. The van der Waals surface area contributed by atoms with Crippen molar-refractivity contribution in [3.8, 4) is 0 Å². The molecule has 1 aromatic carbocycles. The van der Waals surface area contributed by atoms with E-state index >= 15 is 0 Å². The monoisotopic (exact) mass is 486 g/mol. The van der Waals surface area contributed by atoms with E-state index in [1.165, 1.54) is 19.4 Å². The second kappa shape index (κ2) is 10.0. The van der Waals surface area contributed by atoms with E-state index in [0.29, 0.717) is 12.1 Å². The molecule has 4 rings (SSSR count). The highest BCUT2D eigenvalue weighted by Gasteiger charge is 2.33. The Morgan fingerprint density at radius 3 is 2.51 bits per heavy atom. The number of aromatic nitrogens is 3. The number of rotatable bonds is 7. The van der Waals surface area contributed by atoms with Crippen LogP contribution >= 0.6 is 0 Å². The van der Waals surface area contributed by atoms with Gasteiger partial charge in [0.15, 0.2) is 11.6 Å². The number of hydrogen-bond donors (Lipinski definition) is 2. The molecule has 2 N–H and O–H groups in total. The fraction of sp³-hybridized carbons (Fsp3) is 0.348. The number of hydrogen-bond acceptors (Lipinski definition) is 9. The summed E-state index contributed by atoms with van der Waals surface area (Å²) < 4.78 is 36.4. The average Bonchev–Trinajstić information content (AvgIpc) is 3.31. The summed E-state index contributed by atoms with van der Waals surface area (Å²) in [7, 11) is 1.40. The summed E-state index contributed by atoms with van der Waals surface area (Å²) >= 11 is 0. The molecule has 2 aromatic heterocycles. The summed E-state index contributed by atoms with van der Waals surface area (Å²) in [6, 6.07) is 6.51. The van der Waals surface area contributed by atoms with Crippen LogP contribution in [0.1, 0.15) is 36.9 Å². The zero-order valence-electron chi connectivity index (χ0n) is 19.2. The van der Waals surface area contributed by atoms with Crippen LogP contribution in [-0.4, -0.2) is 47.3 Å². The number of amides is 1. The normalized spacial score (nSPS) is 14.9. The predicted molar refractivity (Wildman–Crippen MR) is 122 cm³/mol. The van der Waals surface area contributed by atoms with Gasteiger partial charge in [-0.25, -0.2) is 13.8 Å². The van der Waals surface area contributed by atoms with Gasteiger partial charge in [-0.15, -0.1) is 5.10 Å². The SMILES string of the molecule is COC(=O)CC1(C)CCN(c2ccc(NC(=O)c3nnc(Nc4ccc(F)c(F)c4)o3)cn2)CC1. The first-order chi connectivity index (χ1) is 16.7. The maximum Gasteiger partial charge on any atom is 0.320 e. The van der Waals surface area contributed by atoms with Crippen molar-refractivity contribution in [3.05, 3.63) is 54.1 Å². The third-order valence-corrected chi connectivity index (χ3v) is 5.89. The van der Waals surface area contributed by atoms with Crippen molar-refractivity contribution in [1.82, 2.24) is 15.2 Å². The third kappa shape index (κ3) is 5.89. The van der Waals surface area contributed by atoms with E-state index in [1.54, 1.807) is 12.1 Å². The Labute approximate surface area is 199 Å². The number of carbonyl (C=O) groups is 2. The molecule has 1 aliphatic heterocycles. The first-order valence-corrected chi connectivity index (χ1v) is 10.9. The number of benzene rings is 1. The maximum atomic E-state index is 13.3. The zero-order chi connectivity index (χ0) is 25.0. The lowest BCUT2D eigenvalue weighted by atomic mass is 9.77. The van der Waals surface area contributed by atoms with Crippen LogP contribution in [0.5, 0.6) is 0 Å². The molecule has 184 valence electrons. The minimum atomic E-state index is -1.04. The lowest BCUT2D eigenvalue weighted by molar-refractivity contribution is -0.143. The molecule has 3 aromatic rings. The zero-order valence-corrected chi connectivity index (χ0v) is 19.2. The number of nitrogens with zero attached hydrogens (tertiary/aromatic N) is 4. The number of esters is 1. The van der Waals surface area contributed by atoms with E-state index in [2.05, 4.69) is 37.6 Å². The van der Waals surface area contributed by atoms with E-state index in [-0.39, 0.29) is 29.0 Å². The van der Waals surface area contributed by atoms with Crippen molar-refractivity contribution < 1.29 is 27.5 Å². The van der Waals surface area contributed by atoms with Crippen molar-refractivity contribution in [2.45, 2.75) is 26.2 Å². The first-order valence-electron chi connectivity index (χ1n) is 10.9. The Morgan fingerprint density at radius 2 is 1.86 bits per heavy atom. The highest BCUT2D eigenvalue weighted by atomic mass is 19.2. The van der Waals surface area contributed by atoms with Gasteiger partial charge in [0.25, 0.3) is 0 Å². The fourth-order valence-electron chi connectivity index (χ4n) is 3.77. The van der Waals surface area contributed by atoms with Gasteiger partial charge in [0.1, 0.15) is 5.82 Å². The number of carbonyl (C=O) groups excluding carboxylic acids is 2. The van der Waals surface area contributed by atoms with Crippen molar-refractivity contribution in [2.75, 3.05) is 35.7 Å². The molecule has 10 nitrogen and oxygen atoms in total. The van der Waals surface area contributed by atoms with Gasteiger partial charge < -0.3 is 24.7 Å². The molecule has 0 unspecified atom stereocenters. The molecule has 1 aliphatic rings. The highest BCUT2D eigenvalue weighted by molar-refractivity contribution is 6.00. The lowest BCUT2D eigenvalue weighted by Gasteiger charge is -2.39. The van der Waals surface area contributed by atoms with Crippen LogP contribution in [0.4, 0.5) is 32.0 Å². The summed E-state index contributed by atoms with van der Waals surface area (Å²) in [4.78, 5) is 30.6. The molecule has 1 fully saturated rings. The Morgan fingerprint density at radius 1 is 1.11 bits per heavy atom. The molecular weight excluding hydrogens is 462 g/mol. The molecule has 0 saturated carbocycles. The van der Waals surface area contributed by atoms with Crippen molar-refractivity contribution >= 4 is 35.1 Å². The van der Waals surface area contributed by atoms with E-state index in [9.17, 15) is 18.4 Å². The Hall–Kier alpha value is -4.09. The van der Waals surface area contributed by atoms with Crippen LogP contribution < -0.4 is 15.5 Å². The molecule has 1 amide bonds. The smallest absolute Gasteiger partial charge is 0.320 e. The van der Waals surface area contributed by atoms with Gasteiger partial charge in [-0.1, -0.05) is 12.0 Å². The fourth-order valence-corrected chi connectivity index (χ4v) is 3.77. The van der Waals surface area contributed by atoms with Crippen LogP contribution in [0.3, 0.4) is 0 Å². The molecule has 0 atom stereocenters. The summed E-state index contributed by atoms with van der Waals surface area (Å²) in [5.74, 6) is -2.44. The van der Waals surface area contributed by atoms with E-state index in [0.717, 1.165) is 43.9 Å². The van der Waals surface area contributed by atoms with Gasteiger partial charge >= 0.3 is 23.8 Å². The van der Waals surface area contributed by atoms with E-state index in [4.69, 9.17) is 9.15 Å². The molecule has 0 bridgehead atoms. The second-order valence-corrected chi connectivity index (χ2v) is 8.58. The van der Waals surface area contributed by atoms with Crippen LogP contribution in [0.2, 0.25) is 0 Å². The van der Waals surface area contributed by atoms with Crippen LogP contribution in [0, 0.1) is 17.0 Å². The van der Waals surface area contributed by atoms with Gasteiger partial charge in [0.05, 0.1) is 25.4 Å². The molecular formula is C23H24F2N6O4. The molecule has 0 aliphatic carbocycles. The first kappa shape index (κ1) is 24.0. The summed E-state index contributed by atoms with van der Waals surface area (Å²) in [5, 5.41) is 12.6.